The van der Waals surface area contributed by atoms with Crippen LogP contribution in [0.2, 0.25) is 0 Å². The number of nitrogens with zero attached hydrogens (tertiary/aromatic N) is 3. The summed E-state index contributed by atoms with van der Waals surface area (Å²) in [6.07, 6.45) is -0.244. The van der Waals surface area contributed by atoms with Gasteiger partial charge in [0.1, 0.15) is 5.75 Å². The summed E-state index contributed by atoms with van der Waals surface area (Å²) in [5, 5.41) is 9.05. The highest BCUT2D eigenvalue weighted by Gasteiger charge is 2.19. The maximum atomic E-state index is 10.9. The number of rotatable bonds is 7. The van der Waals surface area contributed by atoms with E-state index in [2.05, 4.69) is 23.2 Å². The quantitative estimate of drug-likeness (QED) is 0.787. The summed E-state index contributed by atoms with van der Waals surface area (Å²) in [7, 11) is 0. The number of carbonyl (C=O) groups is 1. The van der Waals surface area contributed by atoms with Crippen LogP contribution in [0, 0.1) is 13.8 Å². The van der Waals surface area contributed by atoms with Gasteiger partial charge in [-0.05, 0) is 39.3 Å². The van der Waals surface area contributed by atoms with E-state index in [0.717, 1.165) is 17.1 Å². The van der Waals surface area contributed by atoms with Gasteiger partial charge >= 0.3 is 0 Å². The van der Waals surface area contributed by atoms with E-state index in [1.54, 1.807) is 0 Å². The molecule has 1 heterocycles. The van der Waals surface area contributed by atoms with Gasteiger partial charge in [-0.2, -0.15) is 0 Å². The molecule has 1 aromatic carbocycles. The third-order valence-electron chi connectivity index (χ3n) is 3.40. The highest BCUT2D eigenvalue weighted by molar-refractivity contribution is 7.99. The van der Waals surface area contributed by atoms with Crippen LogP contribution in [0.25, 0.3) is 0 Å². The lowest BCUT2D eigenvalue weighted by Crippen LogP contribution is -2.15. The topological polar surface area (TPSA) is 83.0 Å². The lowest BCUT2D eigenvalue weighted by Gasteiger charge is -2.17. The van der Waals surface area contributed by atoms with Gasteiger partial charge in [-0.25, -0.2) is 0 Å². The maximum Gasteiger partial charge on any atom is 0.227 e. The Bertz CT molecular complexity index is 699. The van der Waals surface area contributed by atoms with Crippen molar-refractivity contribution in [2.75, 3.05) is 5.75 Å². The second kappa shape index (κ2) is 7.50. The number of aromatic nitrogens is 3. The van der Waals surface area contributed by atoms with Gasteiger partial charge in [0.15, 0.2) is 17.1 Å². The zero-order chi connectivity index (χ0) is 17.0. The summed E-state index contributed by atoms with van der Waals surface area (Å²) in [5.74, 6) is 1.38. The molecule has 0 saturated carbocycles. The van der Waals surface area contributed by atoms with Gasteiger partial charge in [0.05, 0.1) is 5.75 Å². The predicted octanol–water partition coefficient (Wildman–Crippen LogP) is 2.63. The molecule has 7 heteroatoms. The van der Waals surface area contributed by atoms with Crippen molar-refractivity contribution in [3.63, 3.8) is 0 Å². The Morgan fingerprint density at radius 3 is 2.74 bits per heavy atom. The molecule has 124 valence electrons. The first-order chi connectivity index (χ1) is 10.9. The monoisotopic (exact) mass is 334 g/mol. The highest BCUT2D eigenvalue weighted by Crippen LogP contribution is 2.27. The minimum absolute atomic E-state index is 0.185. The van der Waals surface area contributed by atoms with Gasteiger partial charge in [-0.15, -0.1) is 10.2 Å². The molecule has 0 bridgehead atoms. The van der Waals surface area contributed by atoms with Crippen LogP contribution >= 0.6 is 11.8 Å². The van der Waals surface area contributed by atoms with Crippen molar-refractivity contribution < 1.29 is 9.53 Å². The van der Waals surface area contributed by atoms with Gasteiger partial charge in [-0.3, -0.25) is 4.79 Å². The van der Waals surface area contributed by atoms with Crippen molar-refractivity contribution in [3.05, 3.63) is 35.2 Å². The summed E-state index contributed by atoms with van der Waals surface area (Å²) in [5.41, 5.74) is 7.47. The van der Waals surface area contributed by atoms with E-state index in [1.165, 1.54) is 17.3 Å². The SMILES string of the molecule is CCn1c(SCC(N)=O)nnc1C(C)Oc1ccc(C)cc1C. The van der Waals surface area contributed by atoms with E-state index in [9.17, 15) is 4.79 Å². The lowest BCUT2D eigenvalue weighted by molar-refractivity contribution is -0.115. The Labute approximate surface area is 140 Å². The van der Waals surface area contributed by atoms with Crippen molar-refractivity contribution in [2.45, 2.75) is 45.5 Å². The normalized spacial score (nSPS) is 12.2. The fourth-order valence-corrected chi connectivity index (χ4v) is 3.06. The van der Waals surface area contributed by atoms with Gasteiger partial charge in [0.25, 0.3) is 0 Å². The van der Waals surface area contributed by atoms with Crippen LogP contribution < -0.4 is 10.5 Å². The van der Waals surface area contributed by atoms with E-state index < -0.39 is 0 Å². The molecular weight excluding hydrogens is 312 g/mol. The van der Waals surface area contributed by atoms with E-state index in [-0.39, 0.29) is 17.8 Å². The molecule has 1 aromatic heterocycles. The molecule has 23 heavy (non-hydrogen) atoms. The zero-order valence-electron chi connectivity index (χ0n) is 13.9. The molecule has 0 aliphatic carbocycles. The molecule has 0 spiro atoms. The van der Waals surface area contributed by atoms with Crippen molar-refractivity contribution >= 4 is 17.7 Å². The lowest BCUT2D eigenvalue weighted by atomic mass is 10.1. The molecular formula is C16H22N4O2S. The number of hydrogen-bond donors (Lipinski definition) is 1. The largest absolute Gasteiger partial charge is 0.482 e. The first-order valence-electron chi connectivity index (χ1n) is 7.50. The number of aryl methyl sites for hydroxylation is 2. The molecule has 1 amide bonds. The molecule has 0 aliphatic heterocycles. The van der Waals surface area contributed by atoms with E-state index >= 15 is 0 Å². The third kappa shape index (κ3) is 4.25. The molecule has 0 saturated heterocycles. The first kappa shape index (κ1) is 17.3. The number of carbonyl (C=O) groups excluding carboxylic acids is 1. The smallest absolute Gasteiger partial charge is 0.227 e. The van der Waals surface area contributed by atoms with Gasteiger partial charge < -0.3 is 15.0 Å². The Kier molecular flexibility index (Phi) is 5.65. The van der Waals surface area contributed by atoms with Crippen LogP contribution in [0.15, 0.2) is 23.4 Å². The van der Waals surface area contributed by atoms with Gasteiger partial charge in [0.2, 0.25) is 5.91 Å². The average molecular weight is 334 g/mol. The Morgan fingerprint density at radius 2 is 2.13 bits per heavy atom. The van der Waals surface area contributed by atoms with Gasteiger partial charge in [-0.1, -0.05) is 29.5 Å². The second-order valence-electron chi connectivity index (χ2n) is 5.37. The minimum atomic E-state index is -0.373. The number of ether oxygens (including phenoxy) is 1. The molecule has 0 radical (unpaired) electrons. The number of thioether (sulfide) groups is 1. The average Bonchev–Trinajstić information content (AvgIpc) is 2.90. The molecule has 2 aromatic rings. The van der Waals surface area contributed by atoms with E-state index in [0.29, 0.717) is 11.7 Å². The Balaban J connectivity index is 2.18. The number of primary amides is 1. The molecule has 1 atom stereocenters. The van der Waals surface area contributed by atoms with Crippen LogP contribution in [-0.4, -0.2) is 26.4 Å². The summed E-state index contributed by atoms with van der Waals surface area (Å²) < 4.78 is 7.99. The molecule has 6 nitrogen and oxygen atoms in total. The van der Waals surface area contributed by atoms with E-state index in [1.807, 2.05) is 37.5 Å². The zero-order valence-corrected chi connectivity index (χ0v) is 14.7. The standard InChI is InChI=1S/C16H22N4O2S/c1-5-20-15(18-19-16(20)23-9-14(17)21)12(4)22-13-7-6-10(2)8-11(13)3/h6-8,12H,5,9H2,1-4H3,(H2,17,21). The number of amides is 1. The molecule has 0 aliphatic rings. The Morgan fingerprint density at radius 1 is 1.39 bits per heavy atom. The number of hydrogen-bond acceptors (Lipinski definition) is 5. The highest BCUT2D eigenvalue weighted by atomic mass is 32.2. The van der Waals surface area contributed by atoms with Crippen LogP contribution in [-0.2, 0) is 11.3 Å². The summed E-state index contributed by atoms with van der Waals surface area (Å²) in [4.78, 5) is 10.9. The summed E-state index contributed by atoms with van der Waals surface area (Å²) in [6.45, 7) is 8.72. The van der Waals surface area contributed by atoms with Crippen LogP contribution in [0.5, 0.6) is 5.75 Å². The first-order valence-corrected chi connectivity index (χ1v) is 8.49. The molecule has 2 N–H and O–H groups in total. The number of nitrogens with two attached hydrogens (primary N) is 1. The molecule has 0 fully saturated rings. The summed E-state index contributed by atoms with van der Waals surface area (Å²) in [6, 6.07) is 6.07. The van der Waals surface area contributed by atoms with Crippen LogP contribution in [0.3, 0.4) is 0 Å². The summed E-state index contributed by atoms with van der Waals surface area (Å²) >= 11 is 1.29. The predicted molar refractivity (Wildman–Crippen MR) is 90.6 cm³/mol. The fourth-order valence-electron chi connectivity index (χ4n) is 2.32. The third-order valence-corrected chi connectivity index (χ3v) is 4.39. The van der Waals surface area contributed by atoms with Crippen molar-refractivity contribution in [2.24, 2.45) is 5.73 Å². The minimum Gasteiger partial charge on any atom is -0.482 e. The van der Waals surface area contributed by atoms with E-state index in [4.69, 9.17) is 10.5 Å². The molecule has 2 rings (SSSR count). The Hall–Kier alpha value is -2.02. The van der Waals surface area contributed by atoms with Crippen LogP contribution in [0.1, 0.15) is 36.9 Å². The van der Waals surface area contributed by atoms with Crippen molar-refractivity contribution in [3.8, 4) is 5.75 Å². The van der Waals surface area contributed by atoms with Gasteiger partial charge in [0, 0.05) is 6.54 Å². The van der Waals surface area contributed by atoms with Crippen LogP contribution in [0.4, 0.5) is 0 Å². The molecule has 1 unspecified atom stereocenters. The van der Waals surface area contributed by atoms with Crippen molar-refractivity contribution in [1.29, 1.82) is 0 Å². The number of benzene rings is 1. The maximum absolute atomic E-state index is 10.9. The van der Waals surface area contributed by atoms with Crippen molar-refractivity contribution in [1.82, 2.24) is 14.8 Å². The fraction of sp³-hybridized carbons (Fsp3) is 0.438. The second-order valence-corrected chi connectivity index (χ2v) is 6.31.